The average molecular weight is 190 g/mol. The van der Waals surface area contributed by atoms with Crippen molar-refractivity contribution in [1.82, 2.24) is 0 Å². The number of hydrogen-bond donors (Lipinski definition) is 0. The highest BCUT2D eigenvalue weighted by Crippen LogP contribution is 2.18. The summed E-state index contributed by atoms with van der Waals surface area (Å²) in [6, 6.07) is 8.11. The van der Waals surface area contributed by atoms with E-state index < -0.39 is 0 Å². The third-order valence-corrected chi connectivity index (χ3v) is 1.66. The van der Waals surface area contributed by atoms with Crippen molar-refractivity contribution >= 4 is 6.08 Å². The van der Waals surface area contributed by atoms with Crippen LogP contribution in [0.4, 0.5) is 0 Å². The standard InChI is InChI=1S/C13H18O/c1-5-6-11-7-9-12(10-8-11)14-13(2,3)4/h5-10H,1-4H3. The number of ether oxygens (including phenoxy) is 1. The van der Waals surface area contributed by atoms with Crippen LogP contribution in [0, 0.1) is 0 Å². The Morgan fingerprint density at radius 1 is 1.07 bits per heavy atom. The normalized spacial score (nSPS) is 12.0. The largest absolute Gasteiger partial charge is 0.488 e. The van der Waals surface area contributed by atoms with E-state index in [2.05, 4.69) is 18.2 Å². The van der Waals surface area contributed by atoms with Crippen LogP contribution in [0.25, 0.3) is 6.08 Å². The molecule has 14 heavy (non-hydrogen) atoms. The van der Waals surface area contributed by atoms with Crippen molar-refractivity contribution in [3.63, 3.8) is 0 Å². The third kappa shape index (κ3) is 3.65. The predicted molar refractivity (Wildman–Crippen MR) is 61.5 cm³/mol. The van der Waals surface area contributed by atoms with Crippen LogP contribution in [0.5, 0.6) is 5.75 Å². The topological polar surface area (TPSA) is 9.23 Å². The van der Waals surface area contributed by atoms with Crippen LogP contribution in [-0.2, 0) is 0 Å². The third-order valence-electron chi connectivity index (χ3n) is 1.66. The molecule has 0 saturated carbocycles. The number of benzene rings is 1. The lowest BCUT2D eigenvalue weighted by molar-refractivity contribution is 0.131. The monoisotopic (exact) mass is 190 g/mol. The molecule has 0 heterocycles. The molecular weight excluding hydrogens is 172 g/mol. The van der Waals surface area contributed by atoms with Gasteiger partial charge in [-0.1, -0.05) is 24.3 Å². The van der Waals surface area contributed by atoms with Gasteiger partial charge in [-0.15, -0.1) is 0 Å². The second-order valence-electron chi connectivity index (χ2n) is 4.28. The zero-order chi connectivity index (χ0) is 10.6. The lowest BCUT2D eigenvalue weighted by atomic mass is 10.1. The van der Waals surface area contributed by atoms with Gasteiger partial charge in [-0.2, -0.15) is 0 Å². The molecule has 0 aromatic heterocycles. The second-order valence-corrected chi connectivity index (χ2v) is 4.28. The van der Waals surface area contributed by atoms with Crippen LogP contribution in [0.1, 0.15) is 33.3 Å². The van der Waals surface area contributed by atoms with Gasteiger partial charge >= 0.3 is 0 Å². The summed E-state index contributed by atoms with van der Waals surface area (Å²) in [6.07, 6.45) is 4.10. The first-order chi connectivity index (χ1) is 6.51. The maximum atomic E-state index is 5.71. The molecule has 0 aliphatic heterocycles. The highest BCUT2D eigenvalue weighted by atomic mass is 16.5. The van der Waals surface area contributed by atoms with Crippen LogP contribution in [-0.4, -0.2) is 5.60 Å². The van der Waals surface area contributed by atoms with Crippen molar-refractivity contribution in [2.45, 2.75) is 33.3 Å². The summed E-state index contributed by atoms with van der Waals surface area (Å²) >= 11 is 0. The first-order valence-electron chi connectivity index (χ1n) is 4.93. The van der Waals surface area contributed by atoms with Crippen molar-refractivity contribution < 1.29 is 4.74 Å². The summed E-state index contributed by atoms with van der Waals surface area (Å²) in [5.74, 6) is 0.922. The Labute approximate surface area is 86.4 Å². The van der Waals surface area contributed by atoms with Gasteiger partial charge in [0, 0.05) is 0 Å². The molecule has 0 amide bonds. The zero-order valence-electron chi connectivity index (χ0n) is 9.37. The van der Waals surface area contributed by atoms with Gasteiger partial charge in [-0.05, 0) is 45.4 Å². The highest BCUT2D eigenvalue weighted by molar-refractivity contribution is 5.50. The molecule has 0 fully saturated rings. The van der Waals surface area contributed by atoms with Gasteiger partial charge in [0.15, 0.2) is 0 Å². The Hall–Kier alpha value is -1.24. The molecule has 1 aromatic rings. The van der Waals surface area contributed by atoms with Crippen LogP contribution in [0.2, 0.25) is 0 Å². The molecule has 0 bridgehead atoms. The molecule has 1 rings (SSSR count). The van der Waals surface area contributed by atoms with Gasteiger partial charge in [0.05, 0.1) is 0 Å². The van der Waals surface area contributed by atoms with Gasteiger partial charge in [0.1, 0.15) is 11.4 Å². The van der Waals surface area contributed by atoms with Gasteiger partial charge in [0.2, 0.25) is 0 Å². The summed E-state index contributed by atoms with van der Waals surface area (Å²) in [7, 11) is 0. The molecule has 0 atom stereocenters. The van der Waals surface area contributed by atoms with Crippen LogP contribution in [0.15, 0.2) is 30.3 Å². The molecule has 0 N–H and O–H groups in total. The van der Waals surface area contributed by atoms with E-state index in [1.807, 2.05) is 45.9 Å². The molecule has 1 heteroatoms. The maximum absolute atomic E-state index is 5.71. The Balaban J connectivity index is 2.74. The maximum Gasteiger partial charge on any atom is 0.120 e. The Kier molecular flexibility index (Phi) is 3.34. The lowest BCUT2D eigenvalue weighted by Crippen LogP contribution is -2.22. The quantitative estimate of drug-likeness (QED) is 0.687. The van der Waals surface area contributed by atoms with Crippen molar-refractivity contribution in [2.24, 2.45) is 0 Å². The summed E-state index contributed by atoms with van der Waals surface area (Å²) < 4.78 is 5.71. The Bertz CT molecular complexity index is 301. The molecule has 0 aliphatic rings. The Morgan fingerprint density at radius 3 is 2.07 bits per heavy atom. The fourth-order valence-electron chi connectivity index (χ4n) is 1.19. The molecule has 0 saturated heterocycles. The van der Waals surface area contributed by atoms with Crippen molar-refractivity contribution in [1.29, 1.82) is 0 Å². The van der Waals surface area contributed by atoms with Crippen molar-refractivity contribution in [2.75, 3.05) is 0 Å². The van der Waals surface area contributed by atoms with Gasteiger partial charge in [-0.3, -0.25) is 0 Å². The van der Waals surface area contributed by atoms with Crippen LogP contribution >= 0.6 is 0 Å². The van der Waals surface area contributed by atoms with E-state index in [-0.39, 0.29) is 5.60 Å². The molecule has 0 radical (unpaired) electrons. The molecule has 0 unspecified atom stereocenters. The van der Waals surface area contributed by atoms with E-state index in [0.29, 0.717) is 0 Å². The van der Waals surface area contributed by atoms with Crippen LogP contribution < -0.4 is 4.74 Å². The first-order valence-corrected chi connectivity index (χ1v) is 4.93. The fraction of sp³-hybridized carbons (Fsp3) is 0.385. The average Bonchev–Trinajstić information content (AvgIpc) is 2.06. The fourth-order valence-corrected chi connectivity index (χ4v) is 1.19. The van der Waals surface area contributed by atoms with E-state index >= 15 is 0 Å². The SMILES string of the molecule is CC=Cc1ccc(OC(C)(C)C)cc1. The number of hydrogen-bond acceptors (Lipinski definition) is 1. The zero-order valence-corrected chi connectivity index (χ0v) is 9.37. The summed E-state index contributed by atoms with van der Waals surface area (Å²) in [5, 5.41) is 0. The number of allylic oxidation sites excluding steroid dienone is 1. The summed E-state index contributed by atoms with van der Waals surface area (Å²) in [6.45, 7) is 8.16. The van der Waals surface area contributed by atoms with Gasteiger partial charge in [-0.25, -0.2) is 0 Å². The molecule has 0 aliphatic carbocycles. The molecule has 0 spiro atoms. The number of rotatable bonds is 2. The Morgan fingerprint density at radius 2 is 1.64 bits per heavy atom. The van der Waals surface area contributed by atoms with E-state index in [1.54, 1.807) is 0 Å². The molecule has 1 nitrogen and oxygen atoms in total. The van der Waals surface area contributed by atoms with E-state index in [9.17, 15) is 0 Å². The second kappa shape index (κ2) is 4.32. The van der Waals surface area contributed by atoms with E-state index in [0.717, 1.165) is 5.75 Å². The first kappa shape index (κ1) is 10.8. The van der Waals surface area contributed by atoms with Gasteiger partial charge in [0.25, 0.3) is 0 Å². The van der Waals surface area contributed by atoms with Crippen molar-refractivity contribution in [3.05, 3.63) is 35.9 Å². The van der Waals surface area contributed by atoms with E-state index in [4.69, 9.17) is 4.74 Å². The molecule has 76 valence electrons. The molecular formula is C13H18O. The minimum atomic E-state index is -0.123. The lowest BCUT2D eigenvalue weighted by Gasteiger charge is -2.21. The summed E-state index contributed by atoms with van der Waals surface area (Å²) in [4.78, 5) is 0. The van der Waals surface area contributed by atoms with Gasteiger partial charge < -0.3 is 4.74 Å². The van der Waals surface area contributed by atoms with E-state index in [1.165, 1.54) is 5.56 Å². The van der Waals surface area contributed by atoms with Crippen molar-refractivity contribution in [3.8, 4) is 5.75 Å². The minimum Gasteiger partial charge on any atom is -0.488 e. The smallest absolute Gasteiger partial charge is 0.120 e. The highest BCUT2D eigenvalue weighted by Gasteiger charge is 2.10. The molecule has 1 aromatic carbocycles. The van der Waals surface area contributed by atoms with Crippen LogP contribution in [0.3, 0.4) is 0 Å². The predicted octanol–water partition coefficient (Wildman–Crippen LogP) is 3.90. The summed E-state index contributed by atoms with van der Waals surface area (Å²) in [5.41, 5.74) is 1.08. The minimum absolute atomic E-state index is 0.123.